The molecule has 2 atom stereocenters. The molecule has 1 aliphatic heterocycles. The highest BCUT2D eigenvalue weighted by molar-refractivity contribution is 5.97. The number of rotatable bonds is 14. The van der Waals surface area contributed by atoms with Crippen molar-refractivity contribution in [1.29, 1.82) is 0 Å². The molecule has 0 spiro atoms. The molecule has 0 bridgehead atoms. The van der Waals surface area contributed by atoms with E-state index in [2.05, 4.69) is 15.6 Å². The van der Waals surface area contributed by atoms with Crippen LogP contribution in [-0.4, -0.2) is 65.3 Å². The van der Waals surface area contributed by atoms with Crippen molar-refractivity contribution in [2.45, 2.75) is 51.4 Å². The molecule has 0 aliphatic carbocycles. The zero-order valence-corrected chi connectivity index (χ0v) is 23.0. The molecule has 0 saturated carbocycles. The maximum absolute atomic E-state index is 13.4. The Morgan fingerprint density at radius 2 is 1.78 bits per heavy atom. The third kappa shape index (κ3) is 10.2. The molecule has 0 radical (unpaired) electrons. The smallest absolute Gasteiger partial charge is 0.407 e. The summed E-state index contributed by atoms with van der Waals surface area (Å²) >= 11 is 0. The van der Waals surface area contributed by atoms with Gasteiger partial charge in [0, 0.05) is 31.1 Å². The second kappa shape index (κ2) is 16.0. The van der Waals surface area contributed by atoms with Crippen molar-refractivity contribution in [2.24, 2.45) is 22.4 Å². The number of amides is 3. The van der Waals surface area contributed by atoms with Crippen LogP contribution in [0.4, 0.5) is 10.5 Å². The molecule has 2 aromatic carbocycles. The highest BCUT2D eigenvalue weighted by Gasteiger charge is 2.35. The standard InChI is InChI=1S/C29H38N6O6/c30-28(31)32-14-4-8-22(27(39)34-23-12-10-20(18-36)11-13-23)16-25(37)24-9-5-15-35(24)26(38)17-33-29(40)41-19-21-6-2-1-3-7-21/h1-3,6-7,10-13,22,24,36H,4-5,8-9,14-19H2,(H,33,40)(H,34,39)(H4,30,31,32)/t22-,24+/m1/s1. The maximum atomic E-state index is 13.4. The number of guanidine groups is 1. The summed E-state index contributed by atoms with van der Waals surface area (Å²) in [6.45, 7) is 0.352. The summed E-state index contributed by atoms with van der Waals surface area (Å²) in [5.74, 6) is -1.67. The van der Waals surface area contributed by atoms with Gasteiger partial charge in [-0.05, 0) is 48.9 Å². The van der Waals surface area contributed by atoms with E-state index in [0.29, 0.717) is 50.0 Å². The third-order valence-corrected chi connectivity index (χ3v) is 6.77. The average molecular weight is 567 g/mol. The van der Waals surface area contributed by atoms with Crippen LogP contribution in [0.2, 0.25) is 0 Å². The number of aliphatic imine (C=N–C) groups is 1. The highest BCUT2D eigenvalue weighted by Crippen LogP contribution is 2.24. The summed E-state index contributed by atoms with van der Waals surface area (Å²) in [5, 5.41) is 14.5. The number of nitrogens with one attached hydrogen (secondary N) is 2. The molecular weight excluding hydrogens is 528 g/mol. The molecular formula is C29H38N6O6. The van der Waals surface area contributed by atoms with Gasteiger partial charge in [0.15, 0.2) is 11.7 Å². The average Bonchev–Trinajstić information content (AvgIpc) is 3.47. The molecule has 2 aromatic rings. The zero-order valence-electron chi connectivity index (χ0n) is 23.0. The largest absolute Gasteiger partial charge is 0.445 e. The molecule has 12 heteroatoms. The number of alkyl carbamates (subject to hydrolysis) is 1. The van der Waals surface area contributed by atoms with E-state index in [1.165, 1.54) is 4.90 Å². The van der Waals surface area contributed by atoms with Crippen LogP contribution in [0.1, 0.15) is 43.2 Å². The number of carbonyl (C=O) groups excluding carboxylic acids is 4. The Morgan fingerprint density at radius 3 is 2.46 bits per heavy atom. The number of hydrogen-bond acceptors (Lipinski definition) is 7. The second-order valence-electron chi connectivity index (χ2n) is 9.82. The zero-order chi connectivity index (χ0) is 29.6. The van der Waals surface area contributed by atoms with Crippen molar-refractivity contribution in [3.05, 3.63) is 65.7 Å². The lowest BCUT2D eigenvalue weighted by atomic mass is 9.92. The number of carbonyl (C=O) groups is 4. The fourth-order valence-corrected chi connectivity index (χ4v) is 4.61. The molecule has 3 rings (SSSR count). The monoisotopic (exact) mass is 566 g/mol. The van der Waals surface area contributed by atoms with Crippen LogP contribution in [-0.2, 0) is 32.3 Å². The summed E-state index contributed by atoms with van der Waals surface area (Å²) in [7, 11) is 0. The fourth-order valence-electron chi connectivity index (χ4n) is 4.61. The van der Waals surface area contributed by atoms with E-state index in [0.717, 1.165) is 5.56 Å². The first-order valence-electron chi connectivity index (χ1n) is 13.6. The van der Waals surface area contributed by atoms with Crippen molar-refractivity contribution in [3.63, 3.8) is 0 Å². The van der Waals surface area contributed by atoms with Crippen LogP contribution in [0.5, 0.6) is 0 Å². The van der Waals surface area contributed by atoms with Gasteiger partial charge in [-0.15, -0.1) is 0 Å². The van der Waals surface area contributed by atoms with Crippen LogP contribution in [0.3, 0.4) is 0 Å². The molecule has 41 heavy (non-hydrogen) atoms. The predicted molar refractivity (Wildman–Crippen MR) is 153 cm³/mol. The molecule has 1 aliphatic rings. The Balaban J connectivity index is 1.56. The van der Waals surface area contributed by atoms with Gasteiger partial charge in [-0.3, -0.25) is 19.4 Å². The molecule has 0 unspecified atom stereocenters. The molecule has 1 saturated heterocycles. The minimum Gasteiger partial charge on any atom is -0.445 e. The summed E-state index contributed by atoms with van der Waals surface area (Å²) < 4.78 is 5.15. The molecule has 220 valence electrons. The van der Waals surface area contributed by atoms with Crippen molar-refractivity contribution in [1.82, 2.24) is 10.2 Å². The van der Waals surface area contributed by atoms with Gasteiger partial charge in [-0.25, -0.2) is 4.79 Å². The SMILES string of the molecule is NC(N)=NCCC[C@H](CC(=O)[C@@H]1CCCN1C(=O)CNC(=O)OCc1ccccc1)C(=O)Nc1ccc(CO)cc1. The topological polar surface area (TPSA) is 189 Å². The van der Waals surface area contributed by atoms with Gasteiger partial charge in [-0.1, -0.05) is 42.5 Å². The van der Waals surface area contributed by atoms with E-state index < -0.39 is 24.0 Å². The van der Waals surface area contributed by atoms with Gasteiger partial charge in [0.05, 0.1) is 12.6 Å². The number of nitrogens with zero attached hydrogens (tertiary/aromatic N) is 2. The van der Waals surface area contributed by atoms with E-state index in [1.807, 2.05) is 30.3 Å². The molecule has 1 heterocycles. The van der Waals surface area contributed by atoms with Crippen LogP contribution in [0.15, 0.2) is 59.6 Å². The Hall–Kier alpha value is -4.45. The van der Waals surface area contributed by atoms with Gasteiger partial charge >= 0.3 is 6.09 Å². The molecule has 3 amide bonds. The van der Waals surface area contributed by atoms with Crippen molar-refractivity contribution in [2.75, 3.05) is 25.0 Å². The van der Waals surface area contributed by atoms with E-state index in [4.69, 9.17) is 16.2 Å². The van der Waals surface area contributed by atoms with Gasteiger partial charge in [0.25, 0.3) is 0 Å². The molecule has 1 fully saturated rings. The summed E-state index contributed by atoms with van der Waals surface area (Å²) in [6.07, 6.45) is 1.17. The molecule has 0 aromatic heterocycles. The number of Topliss-reactive ketones (excluding diaryl/α,β-unsaturated/α-hetero) is 1. The lowest BCUT2D eigenvalue weighted by molar-refractivity contribution is -0.137. The lowest BCUT2D eigenvalue weighted by Crippen LogP contribution is -2.46. The predicted octanol–water partition coefficient (Wildman–Crippen LogP) is 1.66. The Morgan fingerprint density at radius 1 is 1.05 bits per heavy atom. The minimum atomic E-state index is -0.728. The summed E-state index contributed by atoms with van der Waals surface area (Å²) in [4.78, 5) is 56.9. The molecule has 12 nitrogen and oxygen atoms in total. The van der Waals surface area contributed by atoms with Gasteiger partial charge in [-0.2, -0.15) is 0 Å². The quantitative estimate of drug-likeness (QED) is 0.130. The van der Waals surface area contributed by atoms with Crippen LogP contribution in [0, 0.1) is 5.92 Å². The van der Waals surface area contributed by atoms with Crippen LogP contribution < -0.4 is 22.1 Å². The van der Waals surface area contributed by atoms with Gasteiger partial charge in [0.2, 0.25) is 11.8 Å². The number of benzene rings is 2. The van der Waals surface area contributed by atoms with Gasteiger partial charge < -0.3 is 36.8 Å². The summed E-state index contributed by atoms with van der Waals surface area (Å²) in [5.41, 5.74) is 12.8. The van der Waals surface area contributed by atoms with E-state index >= 15 is 0 Å². The number of ether oxygens (including phenoxy) is 1. The van der Waals surface area contributed by atoms with Crippen molar-refractivity contribution < 1.29 is 29.0 Å². The van der Waals surface area contributed by atoms with E-state index in [1.54, 1.807) is 24.3 Å². The number of hydrogen-bond donors (Lipinski definition) is 5. The Bertz CT molecular complexity index is 1200. The van der Waals surface area contributed by atoms with Crippen molar-refractivity contribution in [3.8, 4) is 0 Å². The number of ketones is 1. The number of nitrogens with two attached hydrogens (primary N) is 2. The van der Waals surface area contributed by atoms with Gasteiger partial charge in [0.1, 0.15) is 13.2 Å². The first-order valence-corrected chi connectivity index (χ1v) is 13.6. The van der Waals surface area contributed by atoms with Crippen LogP contribution >= 0.6 is 0 Å². The number of likely N-dealkylation sites (tertiary alicyclic amines) is 1. The summed E-state index contributed by atoms with van der Waals surface area (Å²) in [6, 6.07) is 15.2. The van der Waals surface area contributed by atoms with Crippen LogP contribution in [0.25, 0.3) is 0 Å². The normalized spacial score (nSPS) is 15.0. The first kappa shape index (κ1) is 31.1. The third-order valence-electron chi connectivity index (χ3n) is 6.77. The highest BCUT2D eigenvalue weighted by atomic mass is 16.5. The number of aliphatic hydroxyl groups excluding tert-OH is 1. The fraction of sp³-hybridized carbons (Fsp3) is 0.414. The Labute approximate surface area is 239 Å². The van der Waals surface area contributed by atoms with E-state index in [9.17, 15) is 24.3 Å². The minimum absolute atomic E-state index is 0.0521. The maximum Gasteiger partial charge on any atom is 0.407 e. The van der Waals surface area contributed by atoms with E-state index in [-0.39, 0.29) is 43.8 Å². The number of anilines is 1. The Kier molecular flexibility index (Phi) is 12.1. The molecule has 7 N–H and O–H groups in total. The second-order valence-corrected chi connectivity index (χ2v) is 9.82. The first-order chi connectivity index (χ1) is 19.8. The van der Waals surface area contributed by atoms with Crippen molar-refractivity contribution >= 4 is 35.3 Å². The number of aliphatic hydroxyl groups is 1. The lowest BCUT2D eigenvalue weighted by Gasteiger charge is -2.25.